The van der Waals surface area contributed by atoms with Crippen LogP contribution >= 0.6 is 0 Å². The maximum atomic E-state index is 5.15. The molecule has 3 rings (SSSR count). The van der Waals surface area contributed by atoms with Crippen molar-refractivity contribution in [1.82, 2.24) is 15.0 Å². The normalized spacial score (nSPS) is 10.3. The van der Waals surface area contributed by atoms with Gasteiger partial charge in [0.15, 0.2) is 0 Å². The molecule has 0 amide bonds. The van der Waals surface area contributed by atoms with E-state index in [-0.39, 0.29) is 0 Å². The summed E-state index contributed by atoms with van der Waals surface area (Å²) < 4.78 is 5.15. The van der Waals surface area contributed by atoms with E-state index in [2.05, 4.69) is 15.5 Å². The minimum atomic E-state index is 0.767. The van der Waals surface area contributed by atoms with Crippen LogP contribution in [0.15, 0.2) is 60.9 Å². The number of hydrogen-bond acceptors (Lipinski definition) is 4. The summed E-state index contributed by atoms with van der Waals surface area (Å²) in [6.07, 6.45) is 3.33. The van der Waals surface area contributed by atoms with Gasteiger partial charge in [-0.3, -0.25) is 0 Å². The summed E-state index contributed by atoms with van der Waals surface area (Å²) in [5.41, 5.74) is 3.20. The molecule has 5 nitrogen and oxygen atoms in total. The molecule has 5 heteroatoms. The van der Waals surface area contributed by atoms with Gasteiger partial charge < -0.3 is 10.1 Å². The first-order valence-corrected chi connectivity index (χ1v) is 6.69. The molecule has 0 spiro atoms. The summed E-state index contributed by atoms with van der Waals surface area (Å²) in [4.78, 5) is 1.59. The SMILES string of the molecule is COc1ccc(CNc2ccc(-n3nccn3)cc2)cc1. The molecule has 0 saturated carbocycles. The van der Waals surface area contributed by atoms with Crippen LogP contribution < -0.4 is 10.1 Å². The molecule has 0 bridgehead atoms. The number of benzene rings is 2. The highest BCUT2D eigenvalue weighted by molar-refractivity contribution is 5.48. The average Bonchev–Trinajstić information content (AvgIpc) is 3.08. The molecule has 0 unspecified atom stereocenters. The summed E-state index contributed by atoms with van der Waals surface area (Å²) in [5, 5.41) is 11.6. The zero-order chi connectivity index (χ0) is 14.5. The maximum absolute atomic E-state index is 5.15. The third-order valence-corrected chi connectivity index (χ3v) is 3.17. The summed E-state index contributed by atoms with van der Waals surface area (Å²) in [7, 11) is 1.67. The molecule has 1 aromatic heterocycles. The maximum Gasteiger partial charge on any atom is 0.118 e. The van der Waals surface area contributed by atoms with Gasteiger partial charge in [-0.25, -0.2) is 0 Å². The average molecular weight is 280 g/mol. The van der Waals surface area contributed by atoms with Gasteiger partial charge >= 0.3 is 0 Å². The lowest BCUT2D eigenvalue weighted by Crippen LogP contribution is -2.01. The highest BCUT2D eigenvalue weighted by Crippen LogP contribution is 2.15. The van der Waals surface area contributed by atoms with E-state index in [9.17, 15) is 0 Å². The van der Waals surface area contributed by atoms with Gasteiger partial charge in [0.2, 0.25) is 0 Å². The van der Waals surface area contributed by atoms with Gasteiger partial charge in [0, 0.05) is 12.2 Å². The van der Waals surface area contributed by atoms with Gasteiger partial charge in [-0.2, -0.15) is 15.0 Å². The van der Waals surface area contributed by atoms with Crippen molar-refractivity contribution in [2.24, 2.45) is 0 Å². The number of hydrogen-bond donors (Lipinski definition) is 1. The van der Waals surface area contributed by atoms with Crippen molar-refractivity contribution < 1.29 is 4.74 Å². The molecular weight excluding hydrogens is 264 g/mol. The van der Waals surface area contributed by atoms with Gasteiger partial charge in [0.25, 0.3) is 0 Å². The molecule has 1 N–H and O–H groups in total. The largest absolute Gasteiger partial charge is 0.497 e. The fraction of sp³-hybridized carbons (Fsp3) is 0.125. The van der Waals surface area contributed by atoms with Crippen LogP contribution in [0, 0.1) is 0 Å². The van der Waals surface area contributed by atoms with Gasteiger partial charge in [-0.1, -0.05) is 12.1 Å². The van der Waals surface area contributed by atoms with E-state index in [1.165, 1.54) is 5.56 Å². The summed E-state index contributed by atoms with van der Waals surface area (Å²) in [6, 6.07) is 16.0. The Morgan fingerprint density at radius 3 is 2.24 bits per heavy atom. The van der Waals surface area contributed by atoms with Crippen molar-refractivity contribution in [3.8, 4) is 11.4 Å². The Balaban J connectivity index is 1.62. The third-order valence-electron chi connectivity index (χ3n) is 3.17. The molecule has 0 fully saturated rings. The molecule has 0 atom stereocenters. The van der Waals surface area contributed by atoms with Crippen molar-refractivity contribution in [2.75, 3.05) is 12.4 Å². The summed E-state index contributed by atoms with van der Waals surface area (Å²) in [6.45, 7) is 0.767. The molecule has 0 radical (unpaired) electrons. The highest BCUT2D eigenvalue weighted by atomic mass is 16.5. The molecular formula is C16H16N4O. The number of methoxy groups -OCH3 is 1. The second-order valence-electron chi connectivity index (χ2n) is 4.57. The van der Waals surface area contributed by atoms with Gasteiger partial charge in [0.1, 0.15) is 5.75 Å². The first kappa shape index (κ1) is 13.2. The smallest absolute Gasteiger partial charge is 0.118 e. The Bertz CT molecular complexity index is 675. The van der Waals surface area contributed by atoms with Crippen LogP contribution in [0.4, 0.5) is 5.69 Å². The van der Waals surface area contributed by atoms with E-state index >= 15 is 0 Å². The van der Waals surface area contributed by atoms with Crippen LogP contribution in [0.5, 0.6) is 5.75 Å². The second kappa shape index (κ2) is 6.09. The van der Waals surface area contributed by atoms with E-state index in [1.807, 2.05) is 48.5 Å². The molecule has 3 aromatic rings. The predicted octanol–water partition coefficient (Wildman–Crippen LogP) is 2.89. The first-order chi connectivity index (χ1) is 10.3. The molecule has 21 heavy (non-hydrogen) atoms. The Kier molecular flexibility index (Phi) is 3.82. The molecule has 2 aromatic carbocycles. The van der Waals surface area contributed by atoms with Crippen LogP contribution in [-0.4, -0.2) is 22.1 Å². The van der Waals surface area contributed by atoms with Crippen LogP contribution in [0.3, 0.4) is 0 Å². The fourth-order valence-corrected chi connectivity index (χ4v) is 2.01. The molecule has 0 saturated heterocycles. The van der Waals surface area contributed by atoms with Gasteiger partial charge in [-0.05, 0) is 42.0 Å². The number of nitrogens with zero attached hydrogens (tertiary/aromatic N) is 3. The lowest BCUT2D eigenvalue weighted by molar-refractivity contribution is 0.414. The molecule has 1 heterocycles. The summed E-state index contributed by atoms with van der Waals surface area (Å²) >= 11 is 0. The minimum absolute atomic E-state index is 0.767. The van der Waals surface area contributed by atoms with Crippen LogP contribution in [0.1, 0.15) is 5.56 Å². The van der Waals surface area contributed by atoms with Crippen molar-refractivity contribution >= 4 is 5.69 Å². The lowest BCUT2D eigenvalue weighted by atomic mass is 10.2. The van der Waals surface area contributed by atoms with Gasteiger partial charge in [-0.15, -0.1) is 0 Å². The third kappa shape index (κ3) is 3.20. The number of rotatable bonds is 5. The molecule has 0 aliphatic heterocycles. The highest BCUT2D eigenvalue weighted by Gasteiger charge is 1.99. The van der Waals surface area contributed by atoms with Gasteiger partial charge in [0.05, 0.1) is 25.2 Å². The Hall–Kier alpha value is -2.82. The lowest BCUT2D eigenvalue weighted by Gasteiger charge is -2.08. The first-order valence-electron chi connectivity index (χ1n) is 6.69. The number of aromatic nitrogens is 3. The molecule has 106 valence electrons. The Labute approximate surface area is 123 Å². The zero-order valence-corrected chi connectivity index (χ0v) is 11.7. The quantitative estimate of drug-likeness (QED) is 0.780. The van der Waals surface area contributed by atoms with E-state index in [0.29, 0.717) is 0 Å². The minimum Gasteiger partial charge on any atom is -0.497 e. The monoisotopic (exact) mass is 280 g/mol. The zero-order valence-electron chi connectivity index (χ0n) is 11.7. The van der Waals surface area contributed by atoms with E-state index in [0.717, 1.165) is 23.7 Å². The fourth-order valence-electron chi connectivity index (χ4n) is 2.01. The Morgan fingerprint density at radius 1 is 0.952 bits per heavy atom. The van der Waals surface area contributed by atoms with Crippen molar-refractivity contribution in [2.45, 2.75) is 6.54 Å². The van der Waals surface area contributed by atoms with Crippen molar-refractivity contribution in [3.05, 3.63) is 66.5 Å². The number of ether oxygens (including phenoxy) is 1. The summed E-state index contributed by atoms with van der Waals surface area (Å²) in [5.74, 6) is 0.870. The van der Waals surface area contributed by atoms with Crippen LogP contribution in [-0.2, 0) is 6.54 Å². The molecule has 0 aliphatic carbocycles. The van der Waals surface area contributed by atoms with Crippen molar-refractivity contribution in [1.29, 1.82) is 0 Å². The van der Waals surface area contributed by atoms with Crippen molar-refractivity contribution in [3.63, 3.8) is 0 Å². The Morgan fingerprint density at radius 2 is 1.62 bits per heavy atom. The number of anilines is 1. The van der Waals surface area contributed by atoms with E-state index in [4.69, 9.17) is 4.74 Å². The predicted molar refractivity (Wildman–Crippen MR) is 81.7 cm³/mol. The van der Waals surface area contributed by atoms with Crippen LogP contribution in [0.2, 0.25) is 0 Å². The second-order valence-corrected chi connectivity index (χ2v) is 4.57. The van der Waals surface area contributed by atoms with Crippen LogP contribution in [0.25, 0.3) is 5.69 Å². The topological polar surface area (TPSA) is 52.0 Å². The molecule has 0 aliphatic rings. The standard InChI is InChI=1S/C16H16N4O/c1-21-16-8-2-13(3-9-16)12-17-14-4-6-15(7-5-14)20-18-10-11-19-20/h2-11,17H,12H2,1H3. The number of nitrogens with one attached hydrogen (secondary N) is 1. The van der Waals surface area contributed by atoms with E-state index < -0.39 is 0 Å². The van der Waals surface area contributed by atoms with E-state index in [1.54, 1.807) is 24.3 Å².